The molecule has 5 N–H and O–H groups in total. The van der Waals surface area contributed by atoms with Gasteiger partial charge in [-0.25, -0.2) is 5.84 Å². The Kier molecular flexibility index (Phi) is 24.9. The monoisotopic (exact) mass is 551 g/mol. The van der Waals surface area contributed by atoms with Crippen molar-refractivity contribution in [3.05, 3.63) is 0 Å². The number of nitrogens with one attached hydrogen (secondary N) is 1. The van der Waals surface area contributed by atoms with Gasteiger partial charge in [-0.3, -0.25) is 29.7 Å². The Balaban J connectivity index is -0.000000990. The van der Waals surface area contributed by atoms with Crippen molar-refractivity contribution in [1.82, 2.24) is 25.0 Å². The van der Waals surface area contributed by atoms with E-state index in [2.05, 4.69) is 27.0 Å². The van der Waals surface area contributed by atoms with Crippen LogP contribution in [0.25, 0.3) is 0 Å². The Morgan fingerprint density at radius 2 is 1.21 bits per heavy atom. The van der Waals surface area contributed by atoms with Gasteiger partial charge in [-0.05, 0) is 34.2 Å². The fraction of sp³-hybridized carbons (Fsp3) is 0.857. The third-order valence-corrected chi connectivity index (χ3v) is 4.55. The van der Waals surface area contributed by atoms with Crippen LogP contribution in [0.15, 0.2) is 0 Å². The molecule has 33 heavy (non-hydrogen) atoms. The average Bonchev–Trinajstić information content (AvgIpc) is 2.71. The zero-order chi connectivity index (χ0) is 25.2. The molecule has 1 fully saturated rings. The Morgan fingerprint density at radius 3 is 1.52 bits per heavy atom. The molecule has 12 heteroatoms. The van der Waals surface area contributed by atoms with E-state index in [1.165, 1.54) is 0 Å². The van der Waals surface area contributed by atoms with Crippen molar-refractivity contribution in [3.63, 3.8) is 0 Å². The van der Waals surface area contributed by atoms with Gasteiger partial charge < -0.3 is 19.9 Å². The maximum atomic E-state index is 11.7. The van der Waals surface area contributed by atoms with E-state index in [0.29, 0.717) is 32.7 Å². The Hall–Kier alpha value is -0.366. The summed E-state index contributed by atoms with van der Waals surface area (Å²) in [6.45, 7) is 18.6. The van der Waals surface area contributed by atoms with E-state index in [9.17, 15) is 14.7 Å². The first kappa shape index (κ1) is 37.2. The second-order valence-electron chi connectivity index (χ2n) is 8.69. The van der Waals surface area contributed by atoms with E-state index in [0.717, 1.165) is 32.7 Å². The van der Waals surface area contributed by atoms with Crippen LogP contribution in [0.5, 0.6) is 0 Å². The Morgan fingerprint density at radius 1 is 0.879 bits per heavy atom. The molecule has 1 radical (unpaired) electrons. The second-order valence-corrected chi connectivity index (χ2v) is 8.69. The van der Waals surface area contributed by atoms with Crippen LogP contribution in [-0.4, -0.2) is 133 Å². The number of amides is 1. The molecule has 0 saturated carbocycles. The van der Waals surface area contributed by atoms with Crippen LogP contribution in [0.2, 0.25) is 0 Å². The molecule has 1 heterocycles. The number of hydrogen-bond donors (Lipinski definition) is 4. The topological polar surface area (TPSA) is 143 Å². The molecule has 193 valence electrons. The zero-order valence-electron chi connectivity index (χ0n) is 21.3. The van der Waals surface area contributed by atoms with Crippen LogP contribution >= 0.6 is 0 Å². The van der Waals surface area contributed by atoms with Gasteiger partial charge in [0.2, 0.25) is 5.91 Å². The summed E-state index contributed by atoms with van der Waals surface area (Å²) in [4.78, 5) is 39.6. The van der Waals surface area contributed by atoms with Crippen molar-refractivity contribution >= 4 is 18.5 Å². The summed E-state index contributed by atoms with van der Waals surface area (Å²) in [5.41, 5.74) is 1.68. The molecule has 0 bridgehead atoms. The number of rotatable bonds is 6. The van der Waals surface area contributed by atoms with Crippen LogP contribution in [0.1, 0.15) is 34.6 Å². The summed E-state index contributed by atoms with van der Waals surface area (Å²) in [6, 6.07) is 0. The number of carbonyl (C=O) groups is 3. The summed E-state index contributed by atoms with van der Waals surface area (Å²) < 4.78 is 0. The van der Waals surface area contributed by atoms with Gasteiger partial charge in [0, 0.05) is 85.1 Å². The van der Waals surface area contributed by atoms with Crippen LogP contribution < -0.4 is 11.3 Å². The van der Waals surface area contributed by atoms with E-state index in [-0.39, 0.29) is 57.7 Å². The van der Waals surface area contributed by atoms with Gasteiger partial charge in [0.1, 0.15) is 12.6 Å². The average molecular weight is 552 g/mol. The molecular weight excluding hydrogens is 505 g/mol. The quantitative estimate of drug-likeness (QED) is 0.172. The van der Waals surface area contributed by atoms with Gasteiger partial charge in [0.25, 0.3) is 0 Å². The maximum Gasteiger partial charge on any atom is 0.248 e. The normalized spacial score (nSPS) is 17.6. The second kappa shape index (κ2) is 22.1. The number of ketones is 1. The number of Topliss-reactive ketones (excluding diaryl/α,β-unsaturated/α-hetero) is 1. The van der Waals surface area contributed by atoms with Gasteiger partial charge in [-0.15, -0.1) is 0 Å². The Bertz CT molecular complexity index is 504. The van der Waals surface area contributed by atoms with Crippen molar-refractivity contribution < 1.29 is 57.3 Å². The van der Waals surface area contributed by atoms with Crippen LogP contribution in [-0.2, 0) is 47.1 Å². The smallest absolute Gasteiger partial charge is 0.248 e. The van der Waals surface area contributed by atoms with Crippen molar-refractivity contribution in [2.45, 2.75) is 40.2 Å². The number of hydrogen-bond acceptors (Lipinski definition) is 10. The van der Waals surface area contributed by atoms with Crippen LogP contribution in [0.4, 0.5) is 0 Å². The summed E-state index contributed by atoms with van der Waals surface area (Å²) in [5.74, 6) is 5.13. The minimum Gasteiger partial charge on any atom is -0.391 e. The minimum atomic E-state index is -0.500. The molecule has 0 aromatic carbocycles. The standard InChI is InChI=1S/C16H34N6O3.C4H10O.CH2O.Y/c1-3-19-4-6-21(13-16(25)18-17)8-7-20(12-15(2)24)9-11-22(14-23)10-5-19;1-4(2,3)5;1-2;/h23H,3-14,17H2,1-2H3,(H,18,25);5H,1-3H3;1H2;. The first-order valence-electron chi connectivity index (χ1n) is 11.0. The number of nitrogens with zero attached hydrogens (tertiary/aromatic N) is 4. The predicted octanol–water partition coefficient (Wildman–Crippen LogP) is -1.65. The molecule has 0 aliphatic carbocycles. The molecule has 1 amide bonds. The summed E-state index contributed by atoms with van der Waals surface area (Å²) in [7, 11) is 0. The number of likely N-dealkylation sites (N-methyl/N-ethyl adjacent to an activating group) is 1. The van der Waals surface area contributed by atoms with Gasteiger partial charge in [0.15, 0.2) is 0 Å². The van der Waals surface area contributed by atoms with E-state index in [4.69, 9.17) is 15.7 Å². The molecular formula is C21H46N6O5Y. The van der Waals surface area contributed by atoms with Crippen molar-refractivity contribution in [2.24, 2.45) is 5.84 Å². The number of aliphatic hydroxyl groups excluding tert-OH is 1. The molecule has 1 aliphatic heterocycles. The Labute approximate surface area is 224 Å². The SMILES string of the molecule is C=O.CC(C)(C)O.CCN1CCN(CO)CCN(CC(C)=O)CCN(CC(=O)NN)CC1.[Y]. The van der Waals surface area contributed by atoms with E-state index < -0.39 is 5.60 Å². The van der Waals surface area contributed by atoms with Gasteiger partial charge in [-0.1, -0.05) is 6.92 Å². The number of carbonyl (C=O) groups excluding carboxylic acids is 3. The zero-order valence-corrected chi connectivity index (χ0v) is 24.1. The van der Waals surface area contributed by atoms with E-state index in [1.54, 1.807) is 27.7 Å². The first-order chi connectivity index (χ1) is 15.0. The summed E-state index contributed by atoms with van der Waals surface area (Å²) in [6.07, 6.45) is 0. The minimum absolute atomic E-state index is 0. The molecule has 11 nitrogen and oxygen atoms in total. The molecule has 0 aromatic heterocycles. The summed E-state index contributed by atoms with van der Waals surface area (Å²) in [5, 5.41) is 18.1. The number of aliphatic hydroxyl groups is 2. The molecule has 0 unspecified atom stereocenters. The van der Waals surface area contributed by atoms with Crippen LogP contribution in [0, 0.1) is 0 Å². The largest absolute Gasteiger partial charge is 0.391 e. The molecule has 0 atom stereocenters. The van der Waals surface area contributed by atoms with Crippen LogP contribution in [0.3, 0.4) is 0 Å². The molecule has 1 aliphatic rings. The molecule has 1 rings (SSSR count). The van der Waals surface area contributed by atoms with Gasteiger partial charge in [-0.2, -0.15) is 0 Å². The third kappa shape index (κ3) is 24.6. The van der Waals surface area contributed by atoms with Gasteiger partial charge >= 0.3 is 0 Å². The summed E-state index contributed by atoms with van der Waals surface area (Å²) >= 11 is 0. The van der Waals surface area contributed by atoms with Crippen molar-refractivity contribution in [2.75, 3.05) is 78.7 Å². The third-order valence-electron chi connectivity index (χ3n) is 4.55. The first-order valence-corrected chi connectivity index (χ1v) is 11.0. The van der Waals surface area contributed by atoms with E-state index >= 15 is 0 Å². The number of nitrogens with two attached hydrogens (primary N) is 1. The number of hydrazine groups is 1. The fourth-order valence-electron chi connectivity index (χ4n) is 2.92. The van der Waals surface area contributed by atoms with Gasteiger partial charge in [0.05, 0.1) is 25.4 Å². The van der Waals surface area contributed by atoms with E-state index in [1.807, 2.05) is 11.7 Å². The molecule has 1 saturated heterocycles. The molecule has 0 spiro atoms. The predicted molar refractivity (Wildman–Crippen MR) is 126 cm³/mol. The maximum absolute atomic E-state index is 11.7. The van der Waals surface area contributed by atoms with Crippen molar-refractivity contribution in [3.8, 4) is 0 Å². The fourth-order valence-corrected chi connectivity index (χ4v) is 2.92. The molecule has 0 aromatic rings. The van der Waals surface area contributed by atoms with Crippen molar-refractivity contribution in [1.29, 1.82) is 0 Å².